The summed E-state index contributed by atoms with van der Waals surface area (Å²) >= 11 is 0. The van der Waals surface area contributed by atoms with Gasteiger partial charge in [0.05, 0.1) is 6.42 Å². The molecule has 0 amide bonds. The molecule has 1 aromatic heterocycles. The number of halogens is 3. The first-order valence-corrected chi connectivity index (χ1v) is 6.32. The highest BCUT2D eigenvalue weighted by atomic mass is 19.4. The highest BCUT2D eigenvalue weighted by Gasteiger charge is 2.30. The van der Waals surface area contributed by atoms with E-state index in [2.05, 4.69) is 5.32 Å². The zero-order chi connectivity index (χ0) is 15.6. The van der Waals surface area contributed by atoms with E-state index >= 15 is 0 Å². The summed E-state index contributed by atoms with van der Waals surface area (Å²) in [5.74, 6) is -1.49. The number of furan rings is 1. The van der Waals surface area contributed by atoms with E-state index in [0.29, 0.717) is 16.5 Å². The molecule has 2 N–H and O–H groups in total. The lowest BCUT2D eigenvalue weighted by Gasteiger charge is -2.15. The average Bonchev–Trinajstić information content (AvgIpc) is 2.73. The minimum absolute atomic E-state index is 0.00407. The monoisotopic (exact) mass is 301 g/mol. The van der Waals surface area contributed by atoms with Crippen LogP contribution in [0.3, 0.4) is 0 Å². The Kier molecular flexibility index (Phi) is 4.22. The Bertz CT molecular complexity index is 648. The van der Waals surface area contributed by atoms with Crippen molar-refractivity contribution in [2.45, 2.75) is 32.1 Å². The highest BCUT2D eigenvalue weighted by molar-refractivity contribution is 5.95. The van der Waals surface area contributed by atoms with E-state index in [1.54, 1.807) is 24.3 Å². The summed E-state index contributed by atoms with van der Waals surface area (Å²) < 4.78 is 42.1. The molecule has 0 aliphatic rings. The van der Waals surface area contributed by atoms with Gasteiger partial charge in [0.2, 0.25) is 5.76 Å². The van der Waals surface area contributed by atoms with Gasteiger partial charge >= 0.3 is 12.1 Å². The second-order valence-electron chi connectivity index (χ2n) is 4.81. The molecule has 0 saturated carbocycles. The topological polar surface area (TPSA) is 62.5 Å². The fourth-order valence-electron chi connectivity index (χ4n) is 2.14. The van der Waals surface area contributed by atoms with Gasteiger partial charge in [-0.1, -0.05) is 18.2 Å². The minimum Gasteiger partial charge on any atom is -0.475 e. The van der Waals surface area contributed by atoms with Gasteiger partial charge in [0.1, 0.15) is 5.58 Å². The van der Waals surface area contributed by atoms with Crippen molar-refractivity contribution in [3.8, 4) is 0 Å². The first-order chi connectivity index (χ1) is 9.78. The summed E-state index contributed by atoms with van der Waals surface area (Å²) in [6.45, 7) is 1.39. The number of alkyl halides is 3. The molecule has 0 saturated heterocycles. The molecule has 7 heteroatoms. The largest absolute Gasteiger partial charge is 0.475 e. The molecule has 1 heterocycles. The Labute approximate surface area is 118 Å². The number of para-hydroxylation sites is 1. The first kappa shape index (κ1) is 15.4. The molecule has 1 unspecified atom stereocenters. The molecule has 0 fully saturated rings. The third kappa shape index (κ3) is 3.75. The van der Waals surface area contributed by atoms with E-state index in [9.17, 15) is 18.0 Å². The van der Waals surface area contributed by atoms with E-state index in [1.807, 2.05) is 0 Å². The number of fused-ring (bicyclic) bond motifs is 1. The molecule has 2 aromatic rings. The summed E-state index contributed by atoms with van der Waals surface area (Å²) in [5.41, 5.74) is 0.752. The van der Waals surface area contributed by atoms with Gasteiger partial charge < -0.3 is 14.8 Å². The van der Waals surface area contributed by atoms with Gasteiger partial charge in [0.15, 0.2) is 0 Å². The van der Waals surface area contributed by atoms with Crippen molar-refractivity contribution in [1.29, 1.82) is 0 Å². The predicted octanol–water partition coefficient (Wildman–Crippen LogP) is 3.56. The van der Waals surface area contributed by atoms with Gasteiger partial charge in [-0.25, -0.2) is 4.79 Å². The first-order valence-electron chi connectivity index (χ1n) is 6.32. The Morgan fingerprint density at radius 2 is 2.05 bits per heavy atom. The van der Waals surface area contributed by atoms with Crippen LogP contribution in [0, 0.1) is 0 Å². The van der Waals surface area contributed by atoms with Gasteiger partial charge in [-0.3, -0.25) is 0 Å². The summed E-state index contributed by atoms with van der Waals surface area (Å²) in [5, 5.41) is 12.4. The third-order valence-corrected chi connectivity index (χ3v) is 3.06. The van der Waals surface area contributed by atoms with Crippen LogP contribution in [0.2, 0.25) is 0 Å². The SMILES string of the molecule is CC(CC(F)(F)F)NCc1c(C(=O)O)oc2ccccc12. The van der Waals surface area contributed by atoms with Crippen molar-refractivity contribution < 1.29 is 27.5 Å². The molecule has 1 atom stereocenters. The maximum Gasteiger partial charge on any atom is 0.390 e. The molecule has 0 aliphatic carbocycles. The van der Waals surface area contributed by atoms with Crippen molar-refractivity contribution in [2.24, 2.45) is 0 Å². The van der Waals surface area contributed by atoms with Crippen LogP contribution in [0.25, 0.3) is 11.0 Å². The van der Waals surface area contributed by atoms with E-state index in [4.69, 9.17) is 9.52 Å². The zero-order valence-electron chi connectivity index (χ0n) is 11.2. The van der Waals surface area contributed by atoms with E-state index < -0.39 is 24.6 Å². The zero-order valence-corrected chi connectivity index (χ0v) is 11.2. The Balaban J connectivity index is 2.21. The number of hydrogen-bond acceptors (Lipinski definition) is 3. The molecular weight excluding hydrogens is 287 g/mol. The molecule has 0 radical (unpaired) electrons. The average molecular weight is 301 g/mol. The van der Waals surface area contributed by atoms with Gasteiger partial charge in [0, 0.05) is 23.5 Å². The van der Waals surface area contributed by atoms with E-state index in [-0.39, 0.29) is 12.3 Å². The van der Waals surface area contributed by atoms with Crippen LogP contribution in [0.15, 0.2) is 28.7 Å². The van der Waals surface area contributed by atoms with Crippen LogP contribution in [-0.2, 0) is 6.54 Å². The number of benzene rings is 1. The number of rotatable bonds is 5. The highest BCUT2D eigenvalue weighted by Crippen LogP contribution is 2.26. The smallest absolute Gasteiger partial charge is 0.390 e. The van der Waals surface area contributed by atoms with Crippen molar-refractivity contribution in [3.05, 3.63) is 35.6 Å². The molecular formula is C14H14F3NO3. The Morgan fingerprint density at radius 3 is 2.67 bits per heavy atom. The van der Waals surface area contributed by atoms with Crippen LogP contribution in [-0.4, -0.2) is 23.3 Å². The Morgan fingerprint density at radius 1 is 1.38 bits per heavy atom. The van der Waals surface area contributed by atoms with Crippen molar-refractivity contribution in [1.82, 2.24) is 5.32 Å². The molecule has 0 spiro atoms. The maximum absolute atomic E-state index is 12.3. The van der Waals surface area contributed by atoms with Crippen LogP contribution in [0.4, 0.5) is 13.2 Å². The van der Waals surface area contributed by atoms with E-state index in [0.717, 1.165) is 0 Å². The second kappa shape index (κ2) is 5.77. The molecule has 21 heavy (non-hydrogen) atoms. The quantitative estimate of drug-likeness (QED) is 0.886. The summed E-state index contributed by atoms with van der Waals surface area (Å²) in [6.07, 6.45) is -5.24. The Hall–Kier alpha value is -2.02. The standard InChI is InChI=1S/C14H14F3NO3/c1-8(6-14(15,16)17)18-7-10-9-4-2-3-5-11(9)21-12(10)13(19)20/h2-5,8,18H,6-7H2,1H3,(H,19,20). The number of nitrogens with one attached hydrogen (secondary N) is 1. The van der Waals surface area contributed by atoms with Gasteiger partial charge in [-0.2, -0.15) is 13.2 Å². The number of carboxylic acids is 1. The van der Waals surface area contributed by atoms with Gasteiger partial charge in [-0.15, -0.1) is 0 Å². The number of hydrogen-bond donors (Lipinski definition) is 2. The third-order valence-electron chi connectivity index (χ3n) is 3.06. The normalized spacial score (nSPS) is 13.5. The van der Waals surface area contributed by atoms with Crippen LogP contribution in [0.1, 0.15) is 29.5 Å². The molecule has 0 bridgehead atoms. The van der Waals surface area contributed by atoms with Crippen molar-refractivity contribution >= 4 is 16.9 Å². The molecule has 0 aliphatic heterocycles. The molecule has 114 valence electrons. The fourth-order valence-corrected chi connectivity index (χ4v) is 2.14. The van der Waals surface area contributed by atoms with Crippen molar-refractivity contribution in [3.63, 3.8) is 0 Å². The lowest BCUT2D eigenvalue weighted by molar-refractivity contribution is -0.139. The fraction of sp³-hybridized carbons (Fsp3) is 0.357. The van der Waals surface area contributed by atoms with Crippen LogP contribution in [0.5, 0.6) is 0 Å². The second-order valence-corrected chi connectivity index (χ2v) is 4.81. The summed E-state index contributed by atoms with van der Waals surface area (Å²) in [7, 11) is 0. The molecule has 1 aromatic carbocycles. The minimum atomic E-state index is -4.26. The lowest BCUT2D eigenvalue weighted by atomic mass is 10.1. The number of carboxylic acid groups (broad SMARTS) is 1. The lowest BCUT2D eigenvalue weighted by Crippen LogP contribution is -2.31. The predicted molar refractivity (Wildman–Crippen MR) is 70.1 cm³/mol. The van der Waals surface area contributed by atoms with Gasteiger partial charge in [-0.05, 0) is 13.0 Å². The number of carbonyl (C=O) groups is 1. The summed E-state index contributed by atoms with van der Waals surface area (Å²) in [6, 6.07) is 5.88. The maximum atomic E-state index is 12.3. The van der Waals surface area contributed by atoms with Crippen molar-refractivity contribution in [2.75, 3.05) is 0 Å². The molecule has 4 nitrogen and oxygen atoms in total. The molecule has 2 rings (SSSR count). The van der Waals surface area contributed by atoms with Crippen LogP contribution >= 0.6 is 0 Å². The summed E-state index contributed by atoms with van der Waals surface area (Å²) in [4.78, 5) is 11.2. The van der Waals surface area contributed by atoms with Crippen LogP contribution < -0.4 is 5.32 Å². The van der Waals surface area contributed by atoms with Gasteiger partial charge in [0.25, 0.3) is 0 Å². The van der Waals surface area contributed by atoms with E-state index in [1.165, 1.54) is 6.92 Å². The number of aromatic carboxylic acids is 1.